The lowest BCUT2D eigenvalue weighted by molar-refractivity contribution is 0.339. The van der Waals surface area contributed by atoms with Crippen LogP contribution in [0.25, 0.3) is 0 Å². The molecular weight excluding hydrogens is 368 g/mol. The summed E-state index contributed by atoms with van der Waals surface area (Å²) in [5, 5.41) is 0. The third-order valence-corrected chi connectivity index (χ3v) is 3.10. The van der Waals surface area contributed by atoms with Gasteiger partial charge in [-0.05, 0) is 0 Å². The van der Waals surface area contributed by atoms with Gasteiger partial charge in [0.25, 0.3) is 0 Å². The molecule has 0 spiro atoms. The van der Waals surface area contributed by atoms with E-state index < -0.39 is 41.6 Å². The van der Waals surface area contributed by atoms with Crippen molar-refractivity contribution in [2.45, 2.75) is 0 Å². The molecule has 6 N–H and O–H groups in total. The summed E-state index contributed by atoms with van der Waals surface area (Å²) < 4.78 is 111. The maximum absolute atomic E-state index is 9.44. The van der Waals surface area contributed by atoms with Crippen LogP contribution in [-0.4, -0.2) is 57.4 Å². The predicted octanol–water partition coefficient (Wildman–Crippen LogP) is -3.61. The van der Waals surface area contributed by atoms with Crippen LogP contribution in [0.3, 0.4) is 0 Å². The molecule has 0 fully saturated rings. The molecule has 0 bridgehead atoms. The number of rotatable bonds is 4. The molecule has 0 aliphatic heterocycles. The monoisotopic (exact) mass is 374 g/mol. The standard InChI is InChI=1S/2H2O7S2.H2O/c2*1-8(2,3)7-9(4,5)6;/h2*(H,1,2,3)(H,4,5,6);1H2. The van der Waals surface area contributed by atoms with Crippen molar-refractivity contribution in [3.63, 3.8) is 0 Å². The van der Waals surface area contributed by atoms with E-state index in [4.69, 9.17) is 18.2 Å². The van der Waals surface area contributed by atoms with Gasteiger partial charge in [0.15, 0.2) is 0 Å². The van der Waals surface area contributed by atoms with Gasteiger partial charge in [0.2, 0.25) is 0 Å². The van der Waals surface area contributed by atoms with Gasteiger partial charge in [0.05, 0.1) is 0 Å². The molecule has 0 saturated carbocycles. The van der Waals surface area contributed by atoms with Crippen molar-refractivity contribution in [3.8, 4) is 0 Å². The summed E-state index contributed by atoms with van der Waals surface area (Å²) in [5.41, 5.74) is 0. The minimum Gasteiger partial charge on any atom is -0.412 e. The molecule has 0 saturated heterocycles. The average Bonchev–Trinajstić information content (AvgIpc) is 1.64. The lowest BCUT2D eigenvalue weighted by Crippen LogP contribution is -2.10. The van der Waals surface area contributed by atoms with E-state index in [1.165, 1.54) is 0 Å². The summed E-state index contributed by atoms with van der Waals surface area (Å²) in [6.07, 6.45) is 0. The predicted molar refractivity (Wildman–Crippen MR) is 52.0 cm³/mol. The van der Waals surface area contributed by atoms with Crippen molar-refractivity contribution in [2.75, 3.05) is 0 Å². The van der Waals surface area contributed by atoms with E-state index in [9.17, 15) is 33.7 Å². The second kappa shape index (κ2) is 7.34. The Morgan fingerprint density at radius 1 is 0.474 bits per heavy atom. The summed E-state index contributed by atoms with van der Waals surface area (Å²) >= 11 is 0. The Morgan fingerprint density at radius 3 is 0.579 bits per heavy atom. The Morgan fingerprint density at radius 2 is 0.579 bits per heavy atom. The van der Waals surface area contributed by atoms with E-state index in [1.54, 1.807) is 0 Å². The van der Waals surface area contributed by atoms with Crippen molar-refractivity contribution in [3.05, 3.63) is 0 Å². The van der Waals surface area contributed by atoms with Crippen LogP contribution in [0.15, 0.2) is 0 Å². The van der Waals surface area contributed by atoms with Crippen molar-refractivity contribution >= 4 is 41.6 Å². The Hall–Kier alpha value is -0.480. The fourth-order valence-corrected chi connectivity index (χ4v) is 1.96. The van der Waals surface area contributed by atoms with Crippen LogP contribution in [0.1, 0.15) is 0 Å². The van der Waals surface area contributed by atoms with Crippen molar-refractivity contribution in [2.24, 2.45) is 0 Å². The van der Waals surface area contributed by atoms with Gasteiger partial charge in [-0.25, -0.2) is 0 Å². The summed E-state index contributed by atoms with van der Waals surface area (Å²) in [6.45, 7) is 0. The fourth-order valence-electron chi connectivity index (χ4n) is 0.217. The van der Waals surface area contributed by atoms with Gasteiger partial charge in [-0.3, -0.25) is 18.2 Å². The molecule has 0 atom stereocenters. The Kier molecular flexibility index (Phi) is 9.12. The van der Waals surface area contributed by atoms with Crippen LogP contribution in [0.4, 0.5) is 0 Å². The zero-order chi connectivity index (χ0) is 15.4. The quantitative estimate of drug-likeness (QED) is 0.346. The van der Waals surface area contributed by atoms with Gasteiger partial charge >= 0.3 is 41.6 Å². The van der Waals surface area contributed by atoms with E-state index in [1.807, 2.05) is 0 Å². The molecule has 0 rings (SSSR count). The van der Waals surface area contributed by atoms with Crippen molar-refractivity contribution in [1.82, 2.24) is 0 Å². The maximum atomic E-state index is 9.44. The van der Waals surface area contributed by atoms with Gasteiger partial charge in [-0.2, -0.15) is 33.7 Å². The first-order valence-corrected chi connectivity index (χ1v) is 8.19. The number of hydrogen-bond donors (Lipinski definition) is 4. The molecule has 0 aliphatic rings. The molecule has 15 nitrogen and oxygen atoms in total. The molecule has 0 aromatic carbocycles. The van der Waals surface area contributed by atoms with Gasteiger partial charge in [0, 0.05) is 0 Å². The summed E-state index contributed by atoms with van der Waals surface area (Å²) in [6, 6.07) is 0. The smallest absolute Gasteiger partial charge is 0.412 e. The zero-order valence-corrected chi connectivity index (χ0v) is 11.3. The molecule has 0 unspecified atom stereocenters. The highest BCUT2D eigenvalue weighted by molar-refractivity contribution is 7.94. The highest BCUT2D eigenvalue weighted by Gasteiger charge is 2.16. The molecule has 0 aromatic heterocycles. The van der Waals surface area contributed by atoms with Crippen molar-refractivity contribution in [1.29, 1.82) is 0 Å². The molecule has 120 valence electrons. The summed E-state index contributed by atoms with van der Waals surface area (Å²) in [7, 11) is -20.5. The lowest BCUT2D eigenvalue weighted by Gasteiger charge is -1.89. The minimum atomic E-state index is -5.12. The third kappa shape index (κ3) is 31.8. The minimum absolute atomic E-state index is 0. The van der Waals surface area contributed by atoms with Crippen LogP contribution in [0, 0.1) is 0 Å². The largest absolute Gasteiger partial charge is 0.413 e. The first-order valence-electron chi connectivity index (χ1n) is 2.73. The molecule has 0 aromatic rings. The summed E-state index contributed by atoms with van der Waals surface area (Å²) in [5.74, 6) is 0. The molecule has 0 radical (unpaired) electrons. The van der Waals surface area contributed by atoms with Crippen LogP contribution in [-0.2, 0) is 48.9 Å². The number of hydrogen-bond acceptors (Lipinski definition) is 10. The normalized spacial score (nSPS) is 12.8. The van der Waals surface area contributed by atoms with Crippen LogP contribution >= 0.6 is 0 Å². The van der Waals surface area contributed by atoms with E-state index in [0.717, 1.165) is 0 Å². The SMILES string of the molecule is O.O=S(=O)(O)OS(=O)(=O)O.O=S(=O)(O)OS(=O)(=O)O. The van der Waals surface area contributed by atoms with Gasteiger partial charge < -0.3 is 5.48 Å². The topological polar surface area (TPSA) is 267 Å². The Labute approximate surface area is 106 Å². The lowest BCUT2D eigenvalue weighted by atomic mass is 15.8. The van der Waals surface area contributed by atoms with Crippen LogP contribution < -0.4 is 0 Å². The van der Waals surface area contributed by atoms with E-state index in [2.05, 4.69) is 7.26 Å². The van der Waals surface area contributed by atoms with Crippen molar-refractivity contribution < 1.29 is 64.6 Å². The first-order chi connectivity index (χ1) is 7.41. The van der Waals surface area contributed by atoms with Crippen LogP contribution in [0.2, 0.25) is 0 Å². The van der Waals surface area contributed by atoms with E-state index in [0.29, 0.717) is 0 Å². The highest BCUT2D eigenvalue weighted by Crippen LogP contribution is 1.92. The third-order valence-electron chi connectivity index (χ3n) is 0.344. The van der Waals surface area contributed by atoms with E-state index >= 15 is 0 Å². The Bertz CT molecular complexity index is 526. The summed E-state index contributed by atoms with van der Waals surface area (Å²) in [4.78, 5) is 0. The van der Waals surface area contributed by atoms with Gasteiger partial charge in [0.1, 0.15) is 0 Å². The van der Waals surface area contributed by atoms with Gasteiger partial charge in [-0.15, -0.1) is 7.26 Å². The molecule has 19 heteroatoms. The fraction of sp³-hybridized carbons (Fsp3) is 0. The molecule has 0 aliphatic carbocycles. The maximum Gasteiger partial charge on any atom is 0.413 e. The highest BCUT2D eigenvalue weighted by atomic mass is 32.3. The van der Waals surface area contributed by atoms with E-state index in [-0.39, 0.29) is 5.48 Å². The van der Waals surface area contributed by atoms with Gasteiger partial charge in [-0.1, -0.05) is 0 Å². The van der Waals surface area contributed by atoms with Crippen LogP contribution in [0.5, 0.6) is 0 Å². The molecule has 0 amide bonds. The Balaban J connectivity index is -0.000000256. The second-order valence-corrected chi connectivity index (χ2v) is 6.36. The molecule has 0 heterocycles. The first kappa shape index (κ1) is 23.6. The molecule has 19 heavy (non-hydrogen) atoms. The zero-order valence-electron chi connectivity index (χ0n) is 8.00. The molecular formula is H6O15S4. The second-order valence-electron chi connectivity index (χ2n) is 1.85. The average molecular weight is 374 g/mol.